The number of anilines is 3. The number of allylic oxidation sites excluding steroid dienone is 1. The van der Waals surface area contributed by atoms with Crippen LogP contribution in [0.25, 0.3) is 28.4 Å². The number of rotatable bonds is 7. The highest BCUT2D eigenvalue weighted by atomic mass is 35.5. The van der Waals surface area contributed by atoms with Crippen molar-refractivity contribution in [2.24, 2.45) is 0 Å². The molecule has 1 saturated heterocycles. The molecule has 1 aromatic carbocycles. The fraction of sp³-hybridized carbons (Fsp3) is 0.214. The van der Waals surface area contributed by atoms with Gasteiger partial charge in [-0.3, -0.25) is 4.79 Å². The molecule has 40 heavy (non-hydrogen) atoms. The molecule has 1 fully saturated rings. The third kappa shape index (κ3) is 5.04. The minimum atomic E-state index is -0.243. The quantitative estimate of drug-likeness (QED) is 0.301. The van der Waals surface area contributed by atoms with Gasteiger partial charge in [-0.1, -0.05) is 23.7 Å². The third-order valence-corrected chi connectivity index (χ3v) is 6.97. The molecule has 0 unspecified atom stereocenters. The van der Waals surface area contributed by atoms with Gasteiger partial charge in [-0.25, -0.2) is 29.3 Å². The standard InChI is InChI=1S/C28H27ClN10O/c1-3-11-38-27(40)22-18-32-28(33-20-7-9-21(10-8-20)37-14-12-36(2)13-15-37)35-26(22)39(38)24-6-4-5-23(34-24)25-30-16-19(29)17-31-25/h3-10,16-18H,1,11-15H2,2H3,(H,32,33,35). The number of benzene rings is 1. The summed E-state index contributed by atoms with van der Waals surface area (Å²) in [7, 11) is 2.15. The molecular formula is C28H27ClN10O. The highest BCUT2D eigenvalue weighted by Crippen LogP contribution is 2.23. The summed E-state index contributed by atoms with van der Waals surface area (Å²) in [6.07, 6.45) is 6.21. The molecule has 1 aliphatic heterocycles. The van der Waals surface area contributed by atoms with Crippen molar-refractivity contribution in [1.82, 2.24) is 39.2 Å². The lowest BCUT2D eigenvalue weighted by Crippen LogP contribution is -2.44. The van der Waals surface area contributed by atoms with E-state index >= 15 is 0 Å². The molecule has 5 aromatic rings. The maximum absolute atomic E-state index is 13.3. The van der Waals surface area contributed by atoms with E-state index in [4.69, 9.17) is 21.6 Å². The van der Waals surface area contributed by atoms with E-state index in [2.05, 4.69) is 55.8 Å². The summed E-state index contributed by atoms with van der Waals surface area (Å²) in [6.45, 7) is 8.17. The van der Waals surface area contributed by atoms with Crippen molar-refractivity contribution < 1.29 is 0 Å². The summed E-state index contributed by atoms with van der Waals surface area (Å²) < 4.78 is 3.19. The minimum Gasteiger partial charge on any atom is -0.369 e. The van der Waals surface area contributed by atoms with Crippen molar-refractivity contribution in [2.75, 3.05) is 43.4 Å². The molecule has 0 radical (unpaired) electrons. The van der Waals surface area contributed by atoms with Gasteiger partial charge >= 0.3 is 0 Å². The third-order valence-electron chi connectivity index (χ3n) is 6.77. The van der Waals surface area contributed by atoms with Crippen molar-refractivity contribution >= 4 is 40.0 Å². The number of likely N-dealkylation sites (N-methyl/N-ethyl adjacent to an activating group) is 1. The molecule has 6 rings (SSSR count). The summed E-state index contributed by atoms with van der Waals surface area (Å²) >= 11 is 5.95. The Morgan fingerprint density at radius 2 is 1.73 bits per heavy atom. The average Bonchev–Trinajstić information content (AvgIpc) is 3.25. The van der Waals surface area contributed by atoms with Gasteiger partial charge in [-0.15, -0.1) is 6.58 Å². The number of halogens is 1. The van der Waals surface area contributed by atoms with Crippen LogP contribution < -0.4 is 15.8 Å². The Morgan fingerprint density at radius 3 is 2.45 bits per heavy atom. The van der Waals surface area contributed by atoms with Gasteiger partial charge in [0.1, 0.15) is 11.1 Å². The SMILES string of the molecule is C=CCn1c(=O)c2cnc(Nc3ccc(N4CCN(C)CC4)cc3)nc2n1-c1cccc(-c2ncc(Cl)cn2)n1. The first-order valence-corrected chi connectivity index (χ1v) is 13.2. The van der Waals surface area contributed by atoms with E-state index in [1.807, 2.05) is 18.2 Å². The highest BCUT2D eigenvalue weighted by molar-refractivity contribution is 6.30. The molecule has 12 heteroatoms. The number of pyridine rings is 1. The molecule has 5 heterocycles. The van der Waals surface area contributed by atoms with Crippen molar-refractivity contribution in [2.45, 2.75) is 6.54 Å². The molecular weight excluding hydrogens is 528 g/mol. The monoisotopic (exact) mass is 554 g/mol. The Morgan fingerprint density at radius 1 is 0.975 bits per heavy atom. The summed E-state index contributed by atoms with van der Waals surface area (Å²) in [5.41, 5.74) is 2.73. The fourth-order valence-corrected chi connectivity index (χ4v) is 4.77. The van der Waals surface area contributed by atoms with Crippen molar-refractivity contribution in [1.29, 1.82) is 0 Å². The van der Waals surface area contributed by atoms with Gasteiger partial charge in [0.15, 0.2) is 17.3 Å². The van der Waals surface area contributed by atoms with E-state index in [9.17, 15) is 4.79 Å². The van der Waals surface area contributed by atoms with Crippen LogP contribution in [-0.2, 0) is 6.54 Å². The van der Waals surface area contributed by atoms with E-state index in [0.717, 1.165) is 31.9 Å². The van der Waals surface area contributed by atoms with Crippen LogP contribution in [0.5, 0.6) is 0 Å². The Labute approximate surface area is 235 Å². The Bertz CT molecular complexity index is 1720. The predicted molar refractivity (Wildman–Crippen MR) is 157 cm³/mol. The smallest absolute Gasteiger partial charge is 0.278 e. The van der Waals surface area contributed by atoms with Gasteiger partial charge in [0.25, 0.3) is 5.56 Å². The maximum atomic E-state index is 13.3. The second kappa shape index (κ2) is 10.9. The largest absolute Gasteiger partial charge is 0.369 e. The van der Waals surface area contributed by atoms with Crippen LogP contribution in [0.3, 0.4) is 0 Å². The van der Waals surface area contributed by atoms with E-state index < -0.39 is 0 Å². The second-order valence-electron chi connectivity index (χ2n) is 9.49. The molecule has 202 valence electrons. The van der Waals surface area contributed by atoms with E-state index in [-0.39, 0.29) is 12.1 Å². The second-order valence-corrected chi connectivity index (χ2v) is 9.92. The van der Waals surface area contributed by atoms with Crippen LogP contribution >= 0.6 is 11.6 Å². The normalized spacial score (nSPS) is 14.0. The summed E-state index contributed by atoms with van der Waals surface area (Å²) in [5, 5.41) is 4.07. The topological polar surface area (TPSA) is 110 Å². The molecule has 0 spiro atoms. The van der Waals surface area contributed by atoms with Gasteiger partial charge in [-0.05, 0) is 43.4 Å². The molecule has 0 saturated carbocycles. The average molecular weight is 555 g/mol. The Hall–Kier alpha value is -4.61. The number of nitrogens with one attached hydrogen (secondary N) is 1. The van der Waals surface area contributed by atoms with Crippen LogP contribution in [0, 0.1) is 0 Å². The first-order chi connectivity index (χ1) is 19.5. The predicted octanol–water partition coefficient (Wildman–Crippen LogP) is 3.77. The Kier molecular flexibility index (Phi) is 6.97. The molecule has 4 aromatic heterocycles. The van der Waals surface area contributed by atoms with Crippen LogP contribution in [0.15, 0.2) is 78.5 Å². The molecule has 0 atom stereocenters. The van der Waals surface area contributed by atoms with Gasteiger partial charge in [0.2, 0.25) is 5.95 Å². The number of hydrogen-bond acceptors (Lipinski definition) is 9. The number of nitrogens with zero attached hydrogens (tertiary/aromatic N) is 9. The maximum Gasteiger partial charge on any atom is 0.278 e. The first-order valence-electron chi connectivity index (χ1n) is 12.9. The number of fused-ring (bicyclic) bond motifs is 1. The van der Waals surface area contributed by atoms with Gasteiger partial charge < -0.3 is 15.1 Å². The molecule has 1 aliphatic rings. The minimum absolute atomic E-state index is 0.243. The molecule has 1 N–H and O–H groups in total. The zero-order valence-electron chi connectivity index (χ0n) is 21.9. The molecule has 0 bridgehead atoms. The van der Waals surface area contributed by atoms with Crippen LogP contribution in [-0.4, -0.2) is 72.4 Å². The lowest BCUT2D eigenvalue weighted by Gasteiger charge is -2.34. The summed E-state index contributed by atoms with van der Waals surface area (Å²) in [6, 6.07) is 13.6. The highest BCUT2D eigenvalue weighted by Gasteiger charge is 2.19. The lowest BCUT2D eigenvalue weighted by atomic mass is 10.2. The number of aromatic nitrogens is 7. The lowest BCUT2D eigenvalue weighted by molar-refractivity contribution is 0.313. The zero-order chi connectivity index (χ0) is 27.6. The van der Waals surface area contributed by atoms with Crippen LogP contribution in [0.1, 0.15) is 0 Å². The van der Waals surface area contributed by atoms with Crippen LogP contribution in [0.4, 0.5) is 17.3 Å². The summed E-state index contributed by atoms with van der Waals surface area (Å²) in [5.74, 6) is 1.25. The fourth-order valence-electron chi connectivity index (χ4n) is 4.67. The van der Waals surface area contributed by atoms with E-state index in [1.165, 1.54) is 29.0 Å². The van der Waals surface area contributed by atoms with Crippen molar-refractivity contribution in [3.63, 3.8) is 0 Å². The first kappa shape index (κ1) is 25.7. The van der Waals surface area contributed by atoms with Gasteiger partial charge in [0.05, 0.1) is 11.6 Å². The van der Waals surface area contributed by atoms with Gasteiger partial charge in [0, 0.05) is 56.1 Å². The van der Waals surface area contributed by atoms with E-state index in [0.29, 0.717) is 39.3 Å². The zero-order valence-corrected chi connectivity index (χ0v) is 22.7. The van der Waals surface area contributed by atoms with Crippen LogP contribution in [0.2, 0.25) is 5.02 Å². The Balaban J connectivity index is 1.35. The molecule has 0 aliphatic carbocycles. The summed E-state index contributed by atoms with van der Waals surface area (Å²) in [4.78, 5) is 40.4. The van der Waals surface area contributed by atoms with E-state index in [1.54, 1.807) is 22.9 Å². The van der Waals surface area contributed by atoms with Gasteiger partial charge in [-0.2, -0.15) is 4.98 Å². The number of piperazine rings is 1. The molecule has 0 amide bonds. The van der Waals surface area contributed by atoms with Crippen molar-refractivity contribution in [3.05, 3.63) is 89.1 Å². The molecule has 11 nitrogen and oxygen atoms in total. The van der Waals surface area contributed by atoms with Crippen molar-refractivity contribution in [3.8, 4) is 17.3 Å². The number of hydrogen-bond donors (Lipinski definition) is 1.